The Hall–Kier alpha value is -2.43. The lowest BCUT2D eigenvalue weighted by atomic mass is 9.72. The third-order valence-electron chi connectivity index (χ3n) is 4.47. The van der Waals surface area contributed by atoms with Crippen molar-refractivity contribution in [1.29, 1.82) is 0 Å². The van der Waals surface area contributed by atoms with Gasteiger partial charge < -0.3 is 14.2 Å². The van der Waals surface area contributed by atoms with Gasteiger partial charge in [-0.3, -0.25) is 4.79 Å². The van der Waals surface area contributed by atoms with Crippen molar-refractivity contribution < 1.29 is 81.3 Å². The van der Waals surface area contributed by atoms with Crippen LogP contribution in [0, 0.1) is 16.7 Å². The standard InChI is InChI=1S/C20H24F12O6/c1-15(2,3)7-8(16(4,5)6)10(33)36-9(11(34)37-13(17(21,22)23)18(24,25)26)12(35)38-14(19(27,28)29)20(30,31)32/h8-9,13-14H,7H2,1-6H3. The highest BCUT2D eigenvalue weighted by Gasteiger charge is 2.63. The van der Waals surface area contributed by atoms with Crippen LogP contribution in [0.1, 0.15) is 48.0 Å². The third-order valence-corrected chi connectivity index (χ3v) is 4.47. The first-order valence-electron chi connectivity index (χ1n) is 10.3. The second-order valence-corrected chi connectivity index (χ2v) is 10.3. The van der Waals surface area contributed by atoms with Gasteiger partial charge in [-0.05, 0) is 17.3 Å². The van der Waals surface area contributed by atoms with Crippen LogP contribution in [0.3, 0.4) is 0 Å². The predicted molar refractivity (Wildman–Crippen MR) is 101 cm³/mol. The molecule has 0 bridgehead atoms. The van der Waals surface area contributed by atoms with E-state index in [1.807, 2.05) is 0 Å². The molecule has 0 aromatic heterocycles. The van der Waals surface area contributed by atoms with Crippen LogP contribution >= 0.6 is 0 Å². The first-order valence-corrected chi connectivity index (χ1v) is 10.3. The number of carbonyl (C=O) groups excluding carboxylic acids is 3. The molecular formula is C20H24F12O6. The van der Waals surface area contributed by atoms with Crippen molar-refractivity contribution in [2.24, 2.45) is 16.7 Å². The average Bonchev–Trinajstić information content (AvgIpc) is 2.60. The minimum Gasteiger partial charge on any atom is -0.440 e. The predicted octanol–water partition coefficient (Wildman–Crippen LogP) is 6.07. The molecule has 0 rings (SSSR count). The highest BCUT2D eigenvalue weighted by Crippen LogP contribution is 2.39. The minimum absolute atomic E-state index is 0.187. The zero-order valence-corrected chi connectivity index (χ0v) is 20.5. The maximum Gasteiger partial charge on any atom is 0.434 e. The number of halogens is 12. The SMILES string of the molecule is CC(C)(C)CC(C(=O)OC(C(=O)OC(C(F)(F)F)C(F)(F)F)C(=O)OC(C(F)(F)F)C(F)(F)F)C(C)(C)C. The summed E-state index contributed by atoms with van der Waals surface area (Å²) in [6.45, 7) is 8.74. The molecule has 0 radical (unpaired) electrons. The van der Waals surface area contributed by atoms with Crippen LogP contribution in [0.4, 0.5) is 52.7 Å². The second kappa shape index (κ2) is 11.4. The van der Waals surface area contributed by atoms with E-state index in [-0.39, 0.29) is 6.42 Å². The molecule has 0 aliphatic carbocycles. The smallest absolute Gasteiger partial charge is 0.434 e. The molecule has 0 aliphatic heterocycles. The average molecular weight is 588 g/mol. The molecule has 38 heavy (non-hydrogen) atoms. The van der Waals surface area contributed by atoms with Gasteiger partial charge in [0.1, 0.15) is 0 Å². The highest BCUT2D eigenvalue weighted by atomic mass is 19.4. The van der Waals surface area contributed by atoms with Crippen molar-refractivity contribution in [3.8, 4) is 0 Å². The molecule has 1 atom stereocenters. The molecule has 0 N–H and O–H groups in total. The van der Waals surface area contributed by atoms with Crippen LogP contribution in [-0.2, 0) is 28.6 Å². The van der Waals surface area contributed by atoms with Crippen molar-refractivity contribution in [2.45, 2.75) is 91.0 Å². The van der Waals surface area contributed by atoms with Gasteiger partial charge in [0.2, 0.25) is 0 Å². The van der Waals surface area contributed by atoms with E-state index < -0.39 is 77.7 Å². The minimum atomic E-state index is -6.40. The molecule has 0 spiro atoms. The Kier molecular flexibility index (Phi) is 10.6. The lowest BCUT2D eigenvalue weighted by Crippen LogP contribution is -2.52. The number of carbonyl (C=O) groups is 3. The highest BCUT2D eigenvalue weighted by molar-refractivity contribution is 6.00. The van der Waals surface area contributed by atoms with Gasteiger partial charge in [-0.15, -0.1) is 0 Å². The lowest BCUT2D eigenvalue weighted by molar-refractivity contribution is -0.319. The summed E-state index contributed by atoms with van der Waals surface area (Å²) in [7, 11) is 0. The summed E-state index contributed by atoms with van der Waals surface area (Å²) < 4.78 is 164. The summed E-state index contributed by atoms with van der Waals surface area (Å²) in [4.78, 5) is 36.9. The van der Waals surface area contributed by atoms with Gasteiger partial charge in [0.25, 0.3) is 18.3 Å². The normalized spacial score (nSPS) is 15.1. The maximum absolute atomic E-state index is 12.8. The summed E-state index contributed by atoms with van der Waals surface area (Å²) in [5.74, 6) is -9.30. The number of esters is 3. The summed E-state index contributed by atoms with van der Waals surface area (Å²) in [5.41, 5.74) is -1.92. The number of alkyl halides is 12. The fourth-order valence-corrected chi connectivity index (χ4v) is 2.74. The van der Waals surface area contributed by atoms with E-state index in [4.69, 9.17) is 0 Å². The van der Waals surface area contributed by atoms with Crippen LogP contribution in [0.25, 0.3) is 0 Å². The van der Waals surface area contributed by atoms with Crippen molar-refractivity contribution in [3.63, 3.8) is 0 Å². The molecule has 18 heteroatoms. The van der Waals surface area contributed by atoms with E-state index in [1.165, 1.54) is 20.8 Å². The molecule has 0 saturated carbocycles. The Morgan fingerprint density at radius 1 is 0.526 bits per heavy atom. The zero-order chi connectivity index (χ0) is 30.9. The van der Waals surface area contributed by atoms with E-state index in [9.17, 15) is 67.1 Å². The Bertz CT molecular complexity index is 769. The molecule has 0 saturated heterocycles. The molecule has 0 amide bonds. The lowest BCUT2D eigenvalue weighted by Gasteiger charge is -2.34. The largest absolute Gasteiger partial charge is 0.440 e. The molecule has 0 aliphatic rings. The van der Waals surface area contributed by atoms with Gasteiger partial charge in [-0.2, -0.15) is 52.7 Å². The van der Waals surface area contributed by atoms with E-state index in [2.05, 4.69) is 14.2 Å². The molecule has 1 unspecified atom stereocenters. The van der Waals surface area contributed by atoms with E-state index in [0.29, 0.717) is 0 Å². The second-order valence-electron chi connectivity index (χ2n) is 10.3. The molecular weight excluding hydrogens is 564 g/mol. The Morgan fingerprint density at radius 3 is 1.03 bits per heavy atom. The fraction of sp³-hybridized carbons (Fsp3) is 0.850. The number of rotatable bonds is 7. The van der Waals surface area contributed by atoms with Crippen LogP contribution in [0.15, 0.2) is 0 Å². The molecule has 224 valence electrons. The van der Waals surface area contributed by atoms with Gasteiger partial charge in [-0.25, -0.2) is 9.59 Å². The topological polar surface area (TPSA) is 78.9 Å². The maximum atomic E-state index is 12.8. The van der Waals surface area contributed by atoms with E-state index >= 15 is 0 Å². The molecule has 0 aromatic carbocycles. The van der Waals surface area contributed by atoms with Gasteiger partial charge in [0.15, 0.2) is 0 Å². The molecule has 0 aromatic rings. The fourth-order valence-electron chi connectivity index (χ4n) is 2.74. The van der Waals surface area contributed by atoms with Crippen molar-refractivity contribution in [2.75, 3.05) is 0 Å². The Morgan fingerprint density at radius 2 is 0.816 bits per heavy atom. The monoisotopic (exact) mass is 588 g/mol. The Balaban J connectivity index is 6.56. The first-order chi connectivity index (χ1) is 16.4. The van der Waals surface area contributed by atoms with Gasteiger partial charge in [0, 0.05) is 0 Å². The van der Waals surface area contributed by atoms with Gasteiger partial charge in [0.05, 0.1) is 5.92 Å². The van der Waals surface area contributed by atoms with Crippen LogP contribution in [0.2, 0.25) is 0 Å². The van der Waals surface area contributed by atoms with Crippen molar-refractivity contribution in [1.82, 2.24) is 0 Å². The summed E-state index contributed by atoms with van der Waals surface area (Å²) in [5, 5.41) is 0. The summed E-state index contributed by atoms with van der Waals surface area (Å²) in [6, 6.07) is 0. The van der Waals surface area contributed by atoms with E-state index in [0.717, 1.165) is 0 Å². The number of hydrogen-bond donors (Lipinski definition) is 0. The van der Waals surface area contributed by atoms with E-state index in [1.54, 1.807) is 20.8 Å². The van der Waals surface area contributed by atoms with Gasteiger partial charge >= 0.3 is 42.6 Å². The first kappa shape index (κ1) is 35.6. The third kappa shape index (κ3) is 11.1. The van der Waals surface area contributed by atoms with Crippen LogP contribution < -0.4 is 0 Å². The van der Waals surface area contributed by atoms with Crippen LogP contribution in [-0.4, -0.2) is 60.9 Å². The zero-order valence-electron chi connectivity index (χ0n) is 20.5. The molecule has 6 nitrogen and oxygen atoms in total. The number of ether oxygens (including phenoxy) is 3. The quantitative estimate of drug-likeness (QED) is 0.156. The summed E-state index contributed by atoms with van der Waals surface area (Å²) in [6.07, 6.45) is -39.5. The Labute approximate surface area is 207 Å². The van der Waals surface area contributed by atoms with Crippen LogP contribution in [0.5, 0.6) is 0 Å². The van der Waals surface area contributed by atoms with Gasteiger partial charge in [-0.1, -0.05) is 41.5 Å². The van der Waals surface area contributed by atoms with Crippen molar-refractivity contribution in [3.05, 3.63) is 0 Å². The molecule has 0 heterocycles. The number of hydrogen-bond acceptors (Lipinski definition) is 6. The van der Waals surface area contributed by atoms with Crippen molar-refractivity contribution >= 4 is 17.9 Å². The summed E-state index contributed by atoms with van der Waals surface area (Å²) >= 11 is 0. The molecule has 0 fully saturated rings.